The van der Waals surface area contributed by atoms with Crippen molar-refractivity contribution in [2.45, 2.75) is 33.9 Å². The molecule has 0 bridgehead atoms. The molecular formula is C15H19FN2O. The topological polar surface area (TPSA) is 29.3 Å². The molecule has 1 aromatic heterocycles. The third-order valence-electron chi connectivity index (χ3n) is 3.31. The van der Waals surface area contributed by atoms with E-state index in [1.165, 1.54) is 6.07 Å². The quantitative estimate of drug-likeness (QED) is 0.826. The van der Waals surface area contributed by atoms with E-state index in [0.29, 0.717) is 0 Å². The molecule has 0 radical (unpaired) electrons. The van der Waals surface area contributed by atoms with Crippen molar-refractivity contribution in [1.82, 2.24) is 10.1 Å². The van der Waals surface area contributed by atoms with Crippen LogP contribution in [0.3, 0.4) is 0 Å². The number of rotatable bonds is 5. The van der Waals surface area contributed by atoms with E-state index in [1.807, 2.05) is 19.9 Å². The van der Waals surface area contributed by atoms with Gasteiger partial charge in [-0.15, -0.1) is 0 Å². The van der Waals surface area contributed by atoms with Gasteiger partial charge in [-0.25, -0.2) is 4.39 Å². The van der Waals surface area contributed by atoms with E-state index in [-0.39, 0.29) is 5.82 Å². The lowest BCUT2D eigenvalue weighted by Crippen LogP contribution is -2.22. The van der Waals surface area contributed by atoms with E-state index in [2.05, 4.69) is 17.0 Å². The summed E-state index contributed by atoms with van der Waals surface area (Å²) in [6.07, 6.45) is 0. The summed E-state index contributed by atoms with van der Waals surface area (Å²) in [7, 11) is 0. The molecule has 0 fully saturated rings. The molecule has 0 aliphatic rings. The average molecular weight is 262 g/mol. The number of nitrogens with zero attached hydrogens (tertiary/aromatic N) is 2. The van der Waals surface area contributed by atoms with E-state index in [0.717, 1.165) is 42.2 Å². The van der Waals surface area contributed by atoms with E-state index in [4.69, 9.17) is 4.52 Å². The van der Waals surface area contributed by atoms with Gasteiger partial charge < -0.3 is 4.52 Å². The van der Waals surface area contributed by atoms with Crippen LogP contribution >= 0.6 is 0 Å². The molecule has 4 heteroatoms. The maximum absolute atomic E-state index is 13.2. The molecule has 2 rings (SSSR count). The third kappa shape index (κ3) is 3.41. The van der Waals surface area contributed by atoms with Crippen LogP contribution in [-0.4, -0.2) is 16.6 Å². The molecule has 19 heavy (non-hydrogen) atoms. The Hall–Kier alpha value is -1.68. The van der Waals surface area contributed by atoms with Gasteiger partial charge in [0.2, 0.25) is 0 Å². The fraction of sp³-hybridized carbons (Fsp3) is 0.400. The monoisotopic (exact) mass is 262 g/mol. The van der Waals surface area contributed by atoms with Gasteiger partial charge >= 0.3 is 0 Å². The highest BCUT2D eigenvalue weighted by Gasteiger charge is 2.13. The fourth-order valence-electron chi connectivity index (χ4n) is 2.12. The smallest absolute Gasteiger partial charge is 0.138 e. The summed E-state index contributed by atoms with van der Waals surface area (Å²) < 4.78 is 18.4. The Kier molecular flexibility index (Phi) is 4.32. The van der Waals surface area contributed by atoms with Gasteiger partial charge in [0.05, 0.1) is 5.69 Å². The first kappa shape index (κ1) is 13.7. The van der Waals surface area contributed by atoms with E-state index >= 15 is 0 Å². The number of aryl methyl sites for hydroxylation is 2. The van der Waals surface area contributed by atoms with Crippen LogP contribution in [0.15, 0.2) is 28.8 Å². The van der Waals surface area contributed by atoms with Crippen LogP contribution in [0, 0.1) is 19.7 Å². The van der Waals surface area contributed by atoms with Crippen LogP contribution < -0.4 is 0 Å². The number of halogens is 1. The Balaban J connectivity index is 2.09. The number of benzene rings is 1. The highest BCUT2D eigenvalue weighted by molar-refractivity contribution is 5.21. The second-order valence-corrected chi connectivity index (χ2v) is 4.74. The molecule has 2 aromatic rings. The van der Waals surface area contributed by atoms with Crippen molar-refractivity contribution in [3.8, 4) is 0 Å². The Morgan fingerprint density at radius 1 is 1.26 bits per heavy atom. The standard InChI is InChI=1S/C15H19FN2O/c1-4-18(9-13-6-5-7-14(16)8-13)10-15-11(2)17-19-12(15)3/h5-8H,4,9-10H2,1-3H3. The highest BCUT2D eigenvalue weighted by Crippen LogP contribution is 2.16. The van der Waals surface area contributed by atoms with Crippen molar-refractivity contribution in [2.24, 2.45) is 0 Å². The Morgan fingerprint density at radius 3 is 2.63 bits per heavy atom. The largest absolute Gasteiger partial charge is 0.361 e. The molecule has 0 aliphatic heterocycles. The number of aromatic nitrogens is 1. The fourth-order valence-corrected chi connectivity index (χ4v) is 2.12. The van der Waals surface area contributed by atoms with E-state index in [9.17, 15) is 4.39 Å². The zero-order chi connectivity index (χ0) is 13.8. The maximum Gasteiger partial charge on any atom is 0.138 e. The highest BCUT2D eigenvalue weighted by atomic mass is 19.1. The SMILES string of the molecule is CCN(Cc1cccc(F)c1)Cc1c(C)noc1C. The van der Waals surface area contributed by atoms with Crippen LogP contribution in [0.2, 0.25) is 0 Å². The van der Waals surface area contributed by atoms with Crippen molar-refractivity contribution in [1.29, 1.82) is 0 Å². The zero-order valence-corrected chi connectivity index (χ0v) is 11.6. The first-order valence-electron chi connectivity index (χ1n) is 6.48. The summed E-state index contributed by atoms with van der Waals surface area (Å²) in [4.78, 5) is 2.24. The molecule has 0 amide bonds. The van der Waals surface area contributed by atoms with Gasteiger partial charge in [-0.05, 0) is 38.1 Å². The summed E-state index contributed by atoms with van der Waals surface area (Å²) in [5.41, 5.74) is 3.03. The molecule has 1 heterocycles. The van der Waals surface area contributed by atoms with Crippen LogP contribution in [0.25, 0.3) is 0 Å². The number of hydrogen-bond donors (Lipinski definition) is 0. The van der Waals surface area contributed by atoms with Gasteiger partial charge in [-0.3, -0.25) is 4.90 Å². The van der Waals surface area contributed by atoms with Crippen molar-refractivity contribution in [3.05, 3.63) is 52.7 Å². The van der Waals surface area contributed by atoms with Crippen LogP contribution in [0.4, 0.5) is 4.39 Å². The lowest BCUT2D eigenvalue weighted by molar-refractivity contribution is 0.268. The van der Waals surface area contributed by atoms with Gasteiger partial charge in [-0.1, -0.05) is 24.2 Å². The number of hydrogen-bond acceptors (Lipinski definition) is 3. The van der Waals surface area contributed by atoms with Crippen molar-refractivity contribution in [2.75, 3.05) is 6.54 Å². The zero-order valence-electron chi connectivity index (χ0n) is 11.6. The first-order valence-corrected chi connectivity index (χ1v) is 6.48. The normalized spacial score (nSPS) is 11.2. The Morgan fingerprint density at radius 2 is 2.05 bits per heavy atom. The van der Waals surface area contributed by atoms with Crippen LogP contribution in [-0.2, 0) is 13.1 Å². The van der Waals surface area contributed by atoms with Gasteiger partial charge in [0, 0.05) is 18.7 Å². The minimum atomic E-state index is -0.189. The summed E-state index contributed by atoms with van der Waals surface area (Å²) in [6, 6.07) is 6.73. The summed E-state index contributed by atoms with van der Waals surface area (Å²) >= 11 is 0. The molecule has 0 atom stereocenters. The minimum Gasteiger partial charge on any atom is -0.361 e. The molecule has 0 saturated heterocycles. The van der Waals surface area contributed by atoms with Gasteiger partial charge in [0.25, 0.3) is 0 Å². The summed E-state index contributed by atoms with van der Waals surface area (Å²) in [5.74, 6) is 0.668. The summed E-state index contributed by atoms with van der Waals surface area (Å²) in [6.45, 7) is 8.35. The molecule has 1 aromatic carbocycles. The lowest BCUT2D eigenvalue weighted by Gasteiger charge is -2.20. The third-order valence-corrected chi connectivity index (χ3v) is 3.31. The molecule has 0 spiro atoms. The lowest BCUT2D eigenvalue weighted by atomic mass is 10.1. The van der Waals surface area contributed by atoms with Crippen molar-refractivity contribution in [3.63, 3.8) is 0 Å². The molecular weight excluding hydrogens is 243 g/mol. The van der Waals surface area contributed by atoms with Crippen molar-refractivity contribution >= 4 is 0 Å². The molecule has 0 unspecified atom stereocenters. The van der Waals surface area contributed by atoms with Crippen LogP contribution in [0.1, 0.15) is 29.5 Å². The maximum atomic E-state index is 13.2. The van der Waals surface area contributed by atoms with Gasteiger partial charge in [-0.2, -0.15) is 0 Å². The Labute approximate surface area is 113 Å². The second-order valence-electron chi connectivity index (χ2n) is 4.74. The molecule has 0 N–H and O–H groups in total. The van der Waals surface area contributed by atoms with Gasteiger partial charge in [0.1, 0.15) is 11.6 Å². The first-order chi connectivity index (χ1) is 9.10. The second kappa shape index (κ2) is 5.97. The van der Waals surface area contributed by atoms with E-state index in [1.54, 1.807) is 12.1 Å². The minimum absolute atomic E-state index is 0.189. The van der Waals surface area contributed by atoms with E-state index < -0.39 is 0 Å². The Bertz CT molecular complexity index is 531. The molecule has 102 valence electrons. The molecule has 0 aliphatic carbocycles. The predicted octanol–water partition coefficient (Wildman–Crippen LogP) is 3.45. The molecule has 3 nitrogen and oxygen atoms in total. The summed E-state index contributed by atoms with van der Waals surface area (Å²) in [5, 5.41) is 3.96. The van der Waals surface area contributed by atoms with Crippen molar-refractivity contribution < 1.29 is 8.91 Å². The molecule has 0 saturated carbocycles. The van der Waals surface area contributed by atoms with Crippen LogP contribution in [0.5, 0.6) is 0 Å². The predicted molar refractivity (Wildman–Crippen MR) is 72.2 cm³/mol. The average Bonchev–Trinajstić information content (AvgIpc) is 2.69. The van der Waals surface area contributed by atoms with Gasteiger partial charge in [0.15, 0.2) is 0 Å².